The molecule has 90 valence electrons. The van der Waals surface area contributed by atoms with Crippen molar-refractivity contribution < 1.29 is 19.4 Å². The molecule has 1 aliphatic carbocycles. The van der Waals surface area contributed by atoms with Crippen LogP contribution in [-0.2, 0) is 16.0 Å². The third kappa shape index (κ3) is 2.30. The number of hydrogen-bond donors (Lipinski definition) is 1. The van der Waals surface area contributed by atoms with Gasteiger partial charge < -0.3 is 9.84 Å². The minimum absolute atomic E-state index is 0.0309. The van der Waals surface area contributed by atoms with Gasteiger partial charge in [0.05, 0.1) is 13.5 Å². The Morgan fingerprint density at radius 2 is 2.29 bits per heavy atom. The predicted octanol–water partition coefficient (Wildman–Crippen LogP) is 1.70. The predicted molar refractivity (Wildman–Crippen MR) is 60.9 cm³/mol. The molecule has 1 unspecified atom stereocenters. The fourth-order valence-corrected chi connectivity index (χ4v) is 2.19. The zero-order chi connectivity index (χ0) is 12.4. The Morgan fingerprint density at radius 1 is 1.53 bits per heavy atom. The number of ketones is 1. The van der Waals surface area contributed by atoms with Crippen LogP contribution in [0.25, 0.3) is 0 Å². The second-order valence-corrected chi connectivity index (χ2v) is 4.22. The first-order chi connectivity index (χ1) is 8.11. The maximum atomic E-state index is 12.1. The Labute approximate surface area is 99.2 Å². The minimum atomic E-state index is -0.356. The lowest BCUT2D eigenvalue weighted by atomic mass is 9.81. The van der Waals surface area contributed by atoms with Crippen molar-refractivity contribution in [1.82, 2.24) is 0 Å². The molecule has 1 atom stereocenters. The van der Waals surface area contributed by atoms with E-state index < -0.39 is 0 Å². The molecule has 0 aromatic heterocycles. The van der Waals surface area contributed by atoms with Gasteiger partial charge in [-0.25, -0.2) is 0 Å². The van der Waals surface area contributed by atoms with Gasteiger partial charge in [0.15, 0.2) is 5.78 Å². The van der Waals surface area contributed by atoms with E-state index in [4.69, 9.17) is 0 Å². The number of hydrogen-bond acceptors (Lipinski definition) is 4. The van der Waals surface area contributed by atoms with Crippen LogP contribution in [0.3, 0.4) is 0 Å². The third-order valence-corrected chi connectivity index (χ3v) is 3.13. The van der Waals surface area contributed by atoms with Crippen LogP contribution in [0.15, 0.2) is 18.2 Å². The van der Waals surface area contributed by atoms with Crippen molar-refractivity contribution in [3.05, 3.63) is 29.3 Å². The second kappa shape index (κ2) is 4.57. The summed E-state index contributed by atoms with van der Waals surface area (Å²) in [5.74, 6) is -0.510. The average molecular weight is 234 g/mol. The van der Waals surface area contributed by atoms with Crippen molar-refractivity contribution in [2.75, 3.05) is 7.11 Å². The minimum Gasteiger partial charge on any atom is -0.508 e. The van der Waals surface area contributed by atoms with Gasteiger partial charge in [0.2, 0.25) is 0 Å². The molecule has 0 saturated carbocycles. The Hall–Kier alpha value is -1.84. The number of carbonyl (C=O) groups excluding carboxylic acids is 2. The monoisotopic (exact) mass is 234 g/mol. The number of benzene rings is 1. The van der Waals surface area contributed by atoms with Crippen molar-refractivity contribution in [3.8, 4) is 5.75 Å². The van der Waals surface area contributed by atoms with E-state index in [1.54, 1.807) is 12.1 Å². The largest absolute Gasteiger partial charge is 0.508 e. The van der Waals surface area contributed by atoms with Gasteiger partial charge in [-0.05, 0) is 36.6 Å². The quantitative estimate of drug-likeness (QED) is 0.791. The van der Waals surface area contributed by atoms with E-state index in [1.165, 1.54) is 13.2 Å². The van der Waals surface area contributed by atoms with E-state index in [1.807, 2.05) is 0 Å². The summed E-state index contributed by atoms with van der Waals surface area (Å²) in [5, 5.41) is 9.34. The Kier molecular flexibility index (Phi) is 3.13. The lowest BCUT2D eigenvalue weighted by Crippen LogP contribution is -2.25. The van der Waals surface area contributed by atoms with Crippen LogP contribution in [-0.4, -0.2) is 24.0 Å². The highest BCUT2D eigenvalue weighted by Gasteiger charge is 2.29. The lowest BCUT2D eigenvalue weighted by molar-refractivity contribution is -0.141. The molecular weight excluding hydrogens is 220 g/mol. The molecule has 0 radical (unpaired) electrons. The van der Waals surface area contributed by atoms with Gasteiger partial charge in [0.25, 0.3) is 0 Å². The fourth-order valence-electron chi connectivity index (χ4n) is 2.19. The van der Waals surface area contributed by atoms with E-state index in [0.29, 0.717) is 18.4 Å². The number of rotatable bonds is 2. The van der Waals surface area contributed by atoms with Gasteiger partial charge in [-0.1, -0.05) is 0 Å². The molecule has 0 aliphatic heterocycles. The number of Topliss-reactive ketones (excluding diaryl/α,β-unsaturated/α-hetero) is 1. The van der Waals surface area contributed by atoms with Gasteiger partial charge >= 0.3 is 5.97 Å². The number of aromatic hydroxyl groups is 1. The summed E-state index contributed by atoms with van der Waals surface area (Å²) < 4.78 is 4.58. The molecular formula is C13H14O4. The Morgan fingerprint density at radius 3 is 3.00 bits per heavy atom. The summed E-state index contributed by atoms with van der Waals surface area (Å²) in [6.45, 7) is 0. The average Bonchev–Trinajstić information content (AvgIpc) is 2.32. The third-order valence-electron chi connectivity index (χ3n) is 3.13. The molecule has 2 rings (SSSR count). The fraction of sp³-hybridized carbons (Fsp3) is 0.385. The van der Waals surface area contributed by atoms with Crippen molar-refractivity contribution in [2.45, 2.75) is 19.3 Å². The maximum Gasteiger partial charge on any atom is 0.306 e. The van der Waals surface area contributed by atoms with E-state index >= 15 is 0 Å². The topological polar surface area (TPSA) is 63.6 Å². The van der Waals surface area contributed by atoms with Gasteiger partial charge in [-0.3, -0.25) is 9.59 Å². The number of fused-ring (bicyclic) bond motifs is 1. The van der Waals surface area contributed by atoms with Crippen LogP contribution >= 0.6 is 0 Å². The molecule has 0 spiro atoms. The molecule has 0 heterocycles. The normalized spacial score (nSPS) is 18.6. The molecule has 0 saturated heterocycles. The number of methoxy groups -OCH3 is 1. The van der Waals surface area contributed by atoms with Crippen LogP contribution < -0.4 is 0 Å². The SMILES string of the molecule is COC(=O)CC1CCc2cc(O)ccc2C1=O. The number of esters is 1. The first-order valence-corrected chi connectivity index (χ1v) is 5.54. The highest BCUT2D eigenvalue weighted by atomic mass is 16.5. The van der Waals surface area contributed by atoms with Crippen LogP contribution in [0, 0.1) is 5.92 Å². The zero-order valence-electron chi connectivity index (χ0n) is 9.60. The molecule has 0 amide bonds. The van der Waals surface area contributed by atoms with Crippen LogP contribution in [0.2, 0.25) is 0 Å². The molecule has 17 heavy (non-hydrogen) atoms. The highest BCUT2D eigenvalue weighted by molar-refractivity contribution is 6.01. The highest BCUT2D eigenvalue weighted by Crippen LogP contribution is 2.29. The first-order valence-electron chi connectivity index (χ1n) is 5.54. The van der Waals surface area contributed by atoms with E-state index in [2.05, 4.69) is 4.74 Å². The lowest BCUT2D eigenvalue weighted by Gasteiger charge is -2.22. The van der Waals surface area contributed by atoms with E-state index in [-0.39, 0.29) is 29.8 Å². The molecule has 1 aromatic rings. The Bertz CT molecular complexity index is 464. The van der Waals surface area contributed by atoms with Crippen LogP contribution in [0.5, 0.6) is 5.75 Å². The number of phenols is 1. The molecule has 4 nitrogen and oxygen atoms in total. The number of ether oxygens (including phenoxy) is 1. The number of phenolic OH excluding ortho intramolecular Hbond substituents is 1. The standard InChI is InChI=1S/C13H14O4/c1-17-12(15)7-9-3-2-8-6-10(14)4-5-11(8)13(9)16/h4-6,9,14H,2-3,7H2,1H3. The first kappa shape index (κ1) is 11.6. The van der Waals surface area contributed by atoms with Gasteiger partial charge in [0, 0.05) is 11.5 Å². The summed E-state index contributed by atoms with van der Waals surface area (Å²) in [7, 11) is 1.32. The molecule has 4 heteroatoms. The summed E-state index contributed by atoms with van der Waals surface area (Å²) in [5.41, 5.74) is 1.47. The van der Waals surface area contributed by atoms with Crippen molar-refractivity contribution >= 4 is 11.8 Å². The number of aryl methyl sites for hydroxylation is 1. The summed E-state index contributed by atoms with van der Waals surface area (Å²) in [6, 6.07) is 4.73. The van der Waals surface area contributed by atoms with E-state index in [0.717, 1.165) is 5.56 Å². The molecule has 0 fully saturated rings. The van der Waals surface area contributed by atoms with Crippen molar-refractivity contribution in [3.63, 3.8) is 0 Å². The van der Waals surface area contributed by atoms with Gasteiger partial charge in [-0.2, -0.15) is 0 Å². The van der Waals surface area contributed by atoms with Crippen molar-refractivity contribution in [2.24, 2.45) is 5.92 Å². The molecule has 1 N–H and O–H groups in total. The zero-order valence-corrected chi connectivity index (χ0v) is 9.60. The number of carbonyl (C=O) groups is 2. The Balaban J connectivity index is 2.21. The van der Waals surface area contributed by atoms with Gasteiger partial charge in [0.1, 0.15) is 5.75 Å². The van der Waals surface area contributed by atoms with E-state index in [9.17, 15) is 14.7 Å². The van der Waals surface area contributed by atoms with Crippen LogP contribution in [0.4, 0.5) is 0 Å². The van der Waals surface area contributed by atoms with Crippen LogP contribution in [0.1, 0.15) is 28.8 Å². The molecule has 1 aromatic carbocycles. The maximum absolute atomic E-state index is 12.1. The molecule has 0 bridgehead atoms. The summed E-state index contributed by atoms with van der Waals surface area (Å²) >= 11 is 0. The molecule has 1 aliphatic rings. The van der Waals surface area contributed by atoms with Gasteiger partial charge in [-0.15, -0.1) is 0 Å². The summed E-state index contributed by atoms with van der Waals surface area (Å²) in [4.78, 5) is 23.3. The van der Waals surface area contributed by atoms with Crippen molar-refractivity contribution in [1.29, 1.82) is 0 Å². The second-order valence-electron chi connectivity index (χ2n) is 4.22. The smallest absolute Gasteiger partial charge is 0.306 e. The summed E-state index contributed by atoms with van der Waals surface area (Å²) in [6.07, 6.45) is 1.47.